The first-order valence-electron chi connectivity index (χ1n) is 4.93. The smallest absolute Gasteiger partial charge is 0.248 e. The zero-order valence-corrected chi connectivity index (χ0v) is 9.54. The lowest BCUT2D eigenvalue weighted by Crippen LogP contribution is -2.38. The van der Waals surface area contributed by atoms with Gasteiger partial charge in [0.1, 0.15) is 6.61 Å². The van der Waals surface area contributed by atoms with Crippen LogP contribution in [0.3, 0.4) is 0 Å². The number of aliphatic hydroxyl groups is 1. The van der Waals surface area contributed by atoms with E-state index in [-0.39, 0.29) is 24.7 Å². The van der Waals surface area contributed by atoms with E-state index in [1.165, 1.54) is 0 Å². The first-order valence-corrected chi connectivity index (χ1v) is 4.93. The van der Waals surface area contributed by atoms with Gasteiger partial charge in [-0.25, -0.2) is 0 Å². The molecule has 14 heavy (non-hydrogen) atoms. The van der Waals surface area contributed by atoms with Crippen molar-refractivity contribution in [2.24, 2.45) is 0 Å². The summed E-state index contributed by atoms with van der Waals surface area (Å²) in [4.78, 5) is 13.1. The van der Waals surface area contributed by atoms with E-state index in [0.717, 1.165) is 0 Å². The topological polar surface area (TPSA) is 49.8 Å². The Labute approximate surface area is 85.9 Å². The van der Waals surface area contributed by atoms with Crippen molar-refractivity contribution in [3.05, 3.63) is 0 Å². The number of amides is 1. The predicted octanol–water partition coefficient (Wildman–Crippen LogP) is 0.642. The van der Waals surface area contributed by atoms with Gasteiger partial charge in [0.05, 0.1) is 12.2 Å². The summed E-state index contributed by atoms with van der Waals surface area (Å²) in [6.45, 7) is 8.65. The Hall–Kier alpha value is -0.610. The highest BCUT2D eigenvalue weighted by Gasteiger charge is 2.16. The molecule has 0 rings (SSSR count). The molecule has 84 valence electrons. The van der Waals surface area contributed by atoms with E-state index in [2.05, 4.69) is 0 Å². The fraction of sp³-hybridized carbons (Fsp3) is 0.900. The van der Waals surface area contributed by atoms with Gasteiger partial charge < -0.3 is 14.7 Å². The number of aliphatic hydroxyl groups excluding tert-OH is 1. The molecule has 1 amide bonds. The van der Waals surface area contributed by atoms with Crippen LogP contribution in [0.2, 0.25) is 0 Å². The zero-order chi connectivity index (χ0) is 11.2. The second-order valence-electron chi connectivity index (χ2n) is 4.10. The molecule has 4 heteroatoms. The van der Waals surface area contributed by atoms with Crippen LogP contribution in [0.25, 0.3) is 0 Å². The molecule has 0 unspecified atom stereocenters. The van der Waals surface area contributed by atoms with Gasteiger partial charge in [-0.2, -0.15) is 0 Å². The average Bonchev–Trinajstić information content (AvgIpc) is 2.09. The summed E-state index contributed by atoms with van der Waals surface area (Å²) in [5.74, 6) is -0.0727. The molecule has 0 fully saturated rings. The molecule has 0 spiro atoms. The van der Waals surface area contributed by atoms with Crippen LogP contribution in [0.1, 0.15) is 27.7 Å². The minimum atomic E-state index is -0.297. The first kappa shape index (κ1) is 13.4. The van der Waals surface area contributed by atoms with Gasteiger partial charge in [-0.3, -0.25) is 4.79 Å². The van der Waals surface area contributed by atoms with Gasteiger partial charge in [-0.05, 0) is 27.7 Å². The maximum atomic E-state index is 11.5. The molecule has 0 aliphatic rings. The molecule has 0 heterocycles. The summed E-state index contributed by atoms with van der Waals surface area (Å²) in [5, 5.41) is 8.71. The number of carbonyl (C=O) groups is 1. The van der Waals surface area contributed by atoms with Crippen molar-refractivity contribution >= 4 is 5.91 Å². The van der Waals surface area contributed by atoms with Crippen LogP contribution in [-0.4, -0.2) is 47.8 Å². The van der Waals surface area contributed by atoms with Crippen LogP contribution in [0.15, 0.2) is 0 Å². The fourth-order valence-corrected chi connectivity index (χ4v) is 0.949. The molecule has 0 bridgehead atoms. The molecular weight excluding hydrogens is 182 g/mol. The molecule has 0 atom stereocenters. The SMILES string of the molecule is CCN(CCO)C(=O)COC(C)(C)C. The Kier molecular flexibility index (Phi) is 5.72. The molecule has 0 saturated heterocycles. The standard InChI is InChI=1S/C10H21NO3/c1-5-11(6-7-12)9(13)8-14-10(2,3)4/h12H,5-8H2,1-4H3. The minimum Gasteiger partial charge on any atom is -0.395 e. The molecule has 0 saturated carbocycles. The number of likely N-dealkylation sites (N-methyl/N-ethyl adjacent to an activating group) is 1. The largest absolute Gasteiger partial charge is 0.395 e. The van der Waals surface area contributed by atoms with Crippen LogP contribution in [0.5, 0.6) is 0 Å². The summed E-state index contributed by atoms with van der Waals surface area (Å²) >= 11 is 0. The number of nitrogens with zero attached hydrogens (tertiary/aromatic N) is 1. The third-order valence-corrected chi connectivity index (χ3v) is 1.73. The summed E-state index contributed by atoms with van der Waals surface area (Å²) in [6, 6.07) is 0. The number of ether oxygens (including phenoxy) is 1. The second kappa shape index (κ2) is 5.98. The van der Waals surface area contributed by atoms with Crippen molar-refractivity contribution in [1.29, 1.82) is 0 Å². The molecular formula is C10H21NO3. The maximum absolute atomic E-state index is 11.5. The van der Waals surface area contributed by atoms with Crippen molar-refractivity contribution in [2.75, 3.05) is 26.3 Å². The van der Waals surface area contributed by atoms with Crippen LogP contribution in [-0.2, 0) is 9.53 Å². The second-order valence-corrected chi connectivity index (χ2v) is 4.10. The molecule has 0 aliphatic heterocycles. The van der Waals surface area contributed by atoms with Crippen LogP contribution < -0.4 is 0 Å². The Morgan fingerprint density at radius 2 is 2.00 bits per heavy atom. The van der Waals surface area contributed by atoms with E-state index >= 15 is 0 Å². The fourth-order valence-electron chi connectivity index (χ4n) is 0.949. The Bertz CT molecular complexity index is 175. The molecule has 0 aromatic heterocycles. The third-order valence-electron chi connectivity index (χ3n) is 1.73. The molecule has 1 N–H and O–H groups in total. The molecule has 0 radical (unpaired) electrons. The van der Waals surface area contributed by atoms with Crippen molar-refractivity contribution in [3.8, 4) is 0 Å². The van der Waals surface area contributed by atoms with E-state index in [9.17, 15) is 4.79 Å². The van der Waals surface area contributed by atoms with Crippen LogP contribution >= 0.6 is 0 Å². The summed E-state index contributed by atoms with van der Waals surface area (Å²) in [6.07, 6.45) is 0. The Morgan fingerprint density at radius 3 is 2.36 bits per heavy atom. The Morgan fingerprint density at radius 1 is 1.43 bits per heavy atom. The molecule has 0 aromatic carbocycles. The normalized spacial score (nSPS) is 11.5. The number of hydrogen-bond donors (Lipinski definition) is 1. The average molecular weight is 203 g/mol. The molecule has 0 aromatic rings. The zero-order valence-electron chi connectivity index (χ0n) is 9.54. The van der Waals surface area contributed by atoms with Gasteiger partial charge in [0.15, 0.2) is 0 Å². The summed E-state index contributed by atoms with van der Waals surface area (Å²) < 4.78 is 5.35. The van der Waals surface area contributed by atoms with Crippen molar-refractivity contribution < 1.29 is 14.6 Å². The quantitative estimate of drug-likeness (QED) is 0.713. The van der Waals surface area contributed by atoms with Crippen LogP contribution in [0, 0.1) is 0 Å². The lowest BCUT2D eigenvalue weighted by Gasteiger charge is -2.23. The van der Waals surface area contributed by atoms with E-state index in [1.807, 2.05) is 27.7 Å². The molecule has 4 nitrogen and oxygen atoms in total. The number of hydrogen-bond acceptors (Lipinski definition) is 3. The highest BCUT2D eigenvalue weighted by molar-refractivity contribution is 5.77. The van der Waals surface area contributed by atoms with Crippen LogP contribution in [0.4, 0.5) is 0 Å². The van der Waals surface area contributed by atoms with Gasteiger partial charge in [0.25, 0.3) is 0 Å². The van der Waals surface area contributed by atoms with E-state index in [4.69, 9.17) is 9.84 Å². The first-order chi connectivity index (χ1) is 6.40. The van der Waals surface area contributed by atoms with Crippen molar-refractivity contribution in [3.63, 3.8) is 0 Å². The lowest BCUT2D eigenvalue weighted by atomic mass is 10.2. The van der Waals surface area contributed by atoms with Crippen molar-refractivity contribution in [2.45, 2.75) is 33.3 Å². The van der Waals surface area contributed by atoms with Gasteiger partial charge in [-0.1, -0.05) is 0 Å². The highest BCUT2D eigenvalue weighted by atomic mass is 16.5. The highest BCUT2D eigenvalue weighted by Crippen LogP contribution is 2.06. The lowest BCUT2D eigenvalue weighted by molar-refractivity contribution is -0.141. The predicted molar refractivity (Wildman–Crippen MR) is 55.0 cm³/mol. The van der Waals surface area contributed by atoms with E-state index in [0.29, 0.717) is 13.1 Å². The number of rotatable bonds is 5. The monoisotopic (exact) mass is 203 g/mol. The summed E-state index contributed by atoms with van der Waals surface area (Å²) in [7, 11) is 0. The van der Waals surface area contributed by atoms with E-state index < -0.39 is 0 Å². The van der Waals surface area contributed by atoms with E-state index in [1.54, 1.807) is 4.90 Å². The van der Waals surface area contributed by atoms with Gasteiger partial charge >= 0.3 is 0 Å². The Balaban J connectivity index is 3.93. The maximum Gasteiger partial charge on any atom is 0.248 e. The minimum absolute atomic E-state index is 0.00486. The van der Waals surface area contributed by atoms with Gasteiger partial charge in [0, 0.05) is 13.1 Å². The molecule has 0 aliphatic carbocycles. The number of carbonyl (C=O) groups excluding carboxylic acids is 1. The van der Waals surface area contributed by atoms with Gasteiger partial charge in [0.2, 0.25) is 5.91 Å². The third kappa shape index (κ3) is 5.94. The van der Waals surface area contributed by atoms with Gasteiger partial charge in [-0.15, -0.1) is 0 Å². The summed E-state index contributed by atoms with van der Waals surface area (Å²) in [5.41, 5.74) is -0.297. The van der Waals surface area contributed by atoms with Crippen molar-refractivity contribution in [1.82, 2.24) is 4.90 Å².